The lowest BCUT2D eigenvalue weighted by atomic mass is 9.68. The van der Waals surface area contributed by atoms with Crippen LogP contribution < -0.4 is 10.9 Å². The zero-order valence-corrected chi connectivity index (χ0v) is 19.4. The third-order valence-electron chi connectivity index (χ3n) is 7.67. The number of hydrazine groups is 1. The molecule has 2 fully saturated rings. The number of esters is 1. The van der Waals surface area contributed by atoms with Crippen LogP contribution in [0.25, 0.3) is 0 Å². The van der Waals surface area contributed by atoms with E-state index in [1.807, 2.05) is 0 Å². The van der Waals surface area contributed by atoms with Crippen molar-refractivity contribution in [2.75, 3.05) is 18.7 Å². The Morgan fingerprint density at radius 2 is 1.71 bits per heavy atom. The van der Waals surface area contributed by atoms with E-state index in [4.69, 9.17) is 15.3 Å². The van der Waals surface area contributed by atoms with Gasteiger partial charge in [0.2, 0.25) is 0 Å². The Labute approximate surface area is 199 Å². The van der Waals surface area contributed by atoms with Crippen LogP contribution in [0.4, 0.5) is 5.69 Å². The Morgan fingerprint density at radius 3 is 2.47 bits per heavy atom. The largest absolute Gasteiger partial charge is 0.461 e. The molecule has 0 amide bonds. The van der Waals surface area contributed by atoms with Gasteiger partial charge in [-0.3, -0.25) is 19.4 Å². The fraction of sp³-hybridized carbons (Fsp3) is 0.444. The molecule has 0 aromatic heterocycles. The zero-order valence-electron chi connectivity index (χ0n) is 19.4. The van der Waals surface area contributed by atoms with Gasteiger partial charge in [-0.05, 0) is 50.0 Å². The molecule has 0 saturated heterocycles. The van der Waals surface area contributed by atoms with Crippen LogP contribution in [0.15, 0.2) is 42.5 Å². The number of nitrogens with zero attached hydrogens (tertiary/aromatic N) is 1. The van der Waals surface area contributed by atoms with E-state index >= 15 is 0 Å². The van der Waals surface area contributed by atoms with Gasteiger partial charge in [0, 0.05) is 23.8 Å². The molecule has 7 heteroatoms. The number of anilines is 1. The summed E-state index contributed by atoms with van der Waals surface area (Å²) in [7, 11) is 1.79. The van der Waals surface area contributed by atoms with Gasteiger partial charge in [0.25, 0.3) is 0 Å². The smallest absolute Gasteiger partial charge is 0.327 e. The third kappa shape index (κ3) is 4.03. The van der Waals surface area contributed by atoms with Gasteiger partial charge in [-0.1, -0.05) is 42.8 Å². The molecule has 5 rings (SSSR count). The van der Waals surface area contributed by atoms with Crippen LogP contribution in [0.3, 0.4) is 0 Å². The molecule has 2 aromatic rings. The van der Waals surface area contributed by atoms with Crippen molar-refractivity contribution >= 4 is 23.2 Å². The lowest BCUT2D eigenvalue weighted by Crippen LogP contribution is -2.43. The van der Waals surface area contributed by atoms with E-state index in [1.165, 1.54) is 5.01 Å². The lowest BCUT2D eigenvalue weighted by molar-refractivity contribution is -0.152. The minimum Gasteiger partial charge on any atom is -0.461 e. The van der Waals surface area contributed by atoms with Crippen molar-refractivity contribution in [1.29, 1.82) is 0 Å². The van der Waals surface area contributed by atoms with E-state index < -0.39 is 5.97 Å². The quantitative estimate of drug-likeness (QED) is 0.351. The number of carbonyl (C=O) groups excluding carboxylic acids is 3. The van der Waals surface area contributed by atoms with Crippen LogP contribution in [-0.4, -0.2) is 43.4 Å². The first-order valence-corrected chi connectivity index (χ1v) is 12.0. The molecule has 4 atom stereocenters. The van der Waals surface area contributed by atoms with Crippen molar-refractivity contribution in [2.45, 2.75) is 50.7 Å². The van der Waals surface area contributed by atoms with Crippen LogP contribution in [0.5, 0.6) is 0 Å². The number of nitrogens with two attached hydrogens (primary N) is 1. The molecule has 178 valence electrons. The highest BCUT2D eigenvalue weighted by Gasteiger charge is 2.39. The van der Waals surface area contributed by atoms with Gasteiger partial charge < -0.3 is 9.47 Å². The standard InChI is InChI=1S/C27H30N2O5/c1-33-23-11-4-6-16-14-17(12-13-18(16)23)34-24(30)15-29(28)22-10-5-9-21-25(22)27(32)20-8-3-2-7-19(20)26(21)31/h2-3,5,7-10,16-18,23H,4,6,11-15,28H2,1H3. The van der Waals surface area contributed by atoms with Gasteiger partial charge in [0.1, 0.15) is 12.6 Å². The van der Waals surface area contributed by atoms with E-state index in [9.17, 15) is 14.4 Å². The van der Waals surface area contributed by atoms with Crippen molar-refractivity contribution < 1.29 is 23.9 Å². The van der Waals surface area contributed by atoms with Crippen LogP contribution in [0, 0.1) is 11.8 Å². The third-order valence-corrected chi connectivity index (χ3v) is 7.67. The van der Waals surface area contributed by atoms with E-state index in [2.05, 4.69) is 0 Å². The molecule has 0 radical (unpaired) electrons. The highest BCUT2D eigenvalue weighted by Crippen LogP contribution is 2.42. The minimum absolute atomic E-state index is 0.127. The first-order chi connectivity index (χ1) is 16.5. The number of benzene rings is 2. The summed E-state index contributed by atoms with van der Waals surface area (Å²) in [6.07, 6.45) is 6.25. The molecule has 34 heavy (non-hydrogen) atoms. The molecule has 0 heterocycles. The summed E-state index contributed by atoms with van der Waals surface area (Å²) < 4.78 is 11.5. The van der Waals surface area contributed by atoms with Crippen molar-refractivity contribution in [3.05, 3.63) is 64.7 Å². The molecule has 0 aliphatic heterocycles. The molecule has 2 saturated carbocycles. The normalized spacial score (nSPS) is 25.7. The molecule has 7 nitrogen and oxygen atoms in total. The number of ketones is 2. The van der Waals surface area contributed by atoms with Crippen LogP contribution in [-0.2, 0) is 14.3 Å². The number of carbonyl (C=O) groups is 3. The van der Waals surface area contributed by atoms with Crippen molar-refractivity contribution in [1.82, 2.24) is 0 Å². The molecular formula is C27H30N2O5. The first-order valence-electron chi connectivity index (χ1n) is 12.0. The van der Waals surface area contributed by atoms with Crippen LogP contribution in [0.2, 0.25) is 0 Å². The van der Waals surface area contributed by atoms with Crippen LogP contribution in [0.1, 0.15) is 70.4 Å². The van der Waals surface area contributed by atoms with E-state index in [1.54, 1.807) is 49.6 Å². The maximum absolute atomic E-state index is 13.2. The van der Waals surface area contributed by atoms with Gasteiger partial charge in [-0.25, -0.2) is 5.84 Å². The second-order valence-electron chi connectivity index (χ2n) is 9.59. The predicted octanol–water partition coefficient (Wildman–Crippen LogP) is 3.67. The van der Waals surface area contributed by atoms with E-state index in [-0.39, 0.29) is 29.8 Å². The molecule has 3 aliphatic rings. The SMILES string of the molecule is COC1CCCC2CC(OC(=O)CN(N)c3cccc4c3C(=O)c3ccccc3C4=O)CCC21. The van der Waals surface area contributed by atoms with Crippen molar-refractivity contribution in [2.24, 2.45) is 17.7 Å². The summed E-state index contributed by atoms with van der Waals surface area (Å²) in [6.45, 7) is -0.204. The summed E-state index contributed by atoms with van der Waals surface area (Å²) in [6, 6.07) is 11.7. The maximum Gasteiger partial charge on any atom is 0.327 e. The molecule has 0 spiro atoms. The number of methoxy groups -OCH3 is 1. The fourth-order valence-corrected chi connectivity index (χ4v) is 6.07. The van der Waals surface area contributed by atoms with Gasteiger partial charge in [0.05, 0.1) is 17.4 Å². The number of hydrogen-bond acceptors (Lipinski definition) is 7. The Balaban J connectivity index is 1.28. The second-order valence-corrected chi connectivity index (χ2v) is 9.59. The summed E-state index contributed by atoms with van der Waals surface area (Å²) in [5, 5.41) is 1.22. The Kier molecular flexibility index (Phi) is 6.23. The Hall–Kier alpha value is -3.03. The summed E-state index contributed by atoms with van der Waals surface area (Å²) in [4.78, 5) is 38.9. The van der Waals surface area contributed by atoms with Gasteiger partial charge in [0.15, 0.2) is 11.6 Å². The molecule has 2 N–H and O–H groups in total. The molecular weight excluding hydrogens is 432 g/mol. The zero-order chi connectivity index (χ0) is 23.8. The molecule has 3 aliphatic carbocycles. The highest BCUT2D eigenvalue weighted by molar-refractivity contribution is 6.30. The molecule has 2 aromatic carbocycles. The summed E-state index contributed by atoms with van der Waals surface area (Å²) >= 11 is 0. The average molecular weight is 463 g/mol. The lowest BCUT2D eigenvalue weighted by Gasteiger charge is -2.43. The van der Waals surface area contributed by atoms with Gasteiger partial charge in [-0.2, -0.15) is 0 Å². The van der Waals surface area contributed by atoms with Gasteiger partial charge >= 0.3 is 5.97 Å². The molecule has 4 unspecified atom stereocenters. The maximum atomic E-state index is 13.2. The number of fused-ring (bicyclic) bond motifs is 3. The van der Waals surface area contributed by atoms with Gasteiger partial charge in [-0.15, -0.1) is 0 Å². The second kappa shape index (κ2) is 9.31. The van der Waals surface area contributed by atoms with Crippen molar-refractivity contribution in [3.8, 4) is 0 Å². The minimum atomic E-state index is -0.433. The Bertz CT molecular complexity index is 1130. The number of hydrogen-bond donors (Lipinski definition) is 1. The number of ether oxygens (including phenoxy) is 2. The number of rotatable bonds is 5. The average Bonchev–Trinajstić information content (AvgIpc) is 2.86. The van der Waals surface area contributed by atoms with E-state index in [0.717, 1.165) is 38.5 Å². The topological polar surface area (TPSA) is 98.9 Å². The first kappa shape index (κ1) is 22.7. The molecule has 0 bridgehead atoms. The fourth-order valence-electron chi connectivity index (χ4n) is 6.07. The summed E-state index contributed by atoms with van der Waals surface area (Å²) in [5.41, 5.74) is 1.61. The van der Waals surface area contributed by atoms with E-state index in [0.29, 0.717) is 40.3 Å². The summed E-state index contributed by atoms with van der Waals surface area (Å²) in [5.74, 6) is 6.38. The van der Waals surface area contributed by atoms with Crippen molar-refractivity contribution in [3.63, 3.8) is 0 Å². The highest BCUT2D eigenvalue weighted by atomic mass is 16.5. The Morgan fingerprint density at radius 1 is 0.971 bits per heavy atom. The predicted molar refractivity (Wildman–Crippen MR) is 127 cm³/mol. The van der Waals surface area contributed by atoms with Crippen LogP contribution >= 0.6 is 0 Å². The monoisotopic (exact) mass is 462 g/mol.